The topological polar surface area (TPSA) is 275 Å². The number of fused-ring (bicyclic) bond motifs is 1. The van der Waals surface area contributed by atoms with Crippen molar-refractivity contribution in [2.24, 2.45) is 0 Å². The van der Waals surface area contributed by atoms with Gasteiger partial charge in [0.15, 0.2) is 6.23 Å². The summed E-state index contributed by atoms with van der Waals surface area (Å²) in [5.74, 6) is 0.0944. The molecular formula is C15H23N4O14P3. The van der Waals surface area contributed by atoms with Crippen LogP contribution in [0.4, 0.5) is 5.82 Å². The smallest absolute Gasteiger partial charge is 0.490 e. The summed E-state index contributed by atoms with van der Waals surface area (Å²) < 4.78 is 57.9. The summed E-state index contributed by atoms with van der Waals surface area (Å²) >= 11 is 0. The summed E-state index contributed by atoms with van der Waals surface area (Å²) in [6, 6.07) is 0. The van der Waals surface area contributed by atoms with Crippen molar-refractivity contribution < 1.29 is 66.1 Å². The van der Waals surface area contributed by atoms with Gasteiger partial charge in [-0.15, -0.1) is 0 Å². The third kappa shape index (κ3) is 6.38. The summed E-state index contributed by atoms with van der Waals surface area (Å²) in [6.07, 6.45) is 0.898. The molecule has 0 radical (unpaired) electrons. The highest BCUT2D eigenvalue weighted by atomic mass is 31.3. The largest absolute Gasteiger partial charge is 0.504 e. The zero-order valence-corrected chi connectivity index (χ0v) is 21.1. The Kier molecular flexibility index (Phi) is 8.16. The lowest BCUT2D eigenvalue weighted by Gasteiger charge is -2.27. The van der Waals surface area contributed by atoms with Gasteiger partial charge in [0, 0.05) is 11.8 Å². The Balaban J connectivity index is 1.84. The average molecular weight is 576 g/mol. The maximum atomic E-state index is 12.0. The number of aliphatic hydroxyl groups excluding tert-OH is 1. The molecule has 36 heavy (non-hydrogen) atoms. The number of anilines is 1. The molecule has 2 aromatic rings. The van der Waals surface area contributed by atoms with Crippen molar-refractivity contribution >= 4 is 46.4 Å². The number of aromatic nitrogens is 3. The van der Waals surface area contributed by atoms with Crippen LogP contribution in [0.3, 0.4) is 0 Å². The molecule has 21 heteroatoms. The highest BCUT2D eigenvalue weighted by molar-refractivity contribution is 7.66. The monoisotopic (exact) mass is 576 g/mol. The molecule has 1 aliphatic heterocycles. The van der Waals surface area contributed by atoms with E-state index in [1.165, 1.54) is 37.1 Å². The van der Waals surface area contributed by atoms with E-state index in [9.17, 15) is 33.7 Å². The lowest BCUT2D eigenvalue weighted by Crippen LogP contribution is -2.44. The van der Waals surface area contributed by atoms with Gasteiger partial charge in [-0.3, -0.25) is 4.52 Å². The van der Waals surface area contributed by atoms with Crippen molar-refractivity contribution in [2.45, 2.75) is 31.0 Å². The second-order valence-corrected chi connectivity index (χ2v) is 12.0. The number of phosphoric ester groups is 1. The molecule has 18 nitrogen and oxygen atoms in total. The lowest BCUT2D eigenvalue weighted by molar-refractivity contribution is -0.0947. The number of ether oxygens (including phenoxy) is 2. The highest BCUT2D eigenvalue weighted by Gasteiger charge is 2.54. The van der Waals surface area contributed by atoms with Crippen LogP contribution >= 0.6 is 23.5 Å². The number of nitrogens with zero attached hydrogens (tertiary/aromatic N) is 3. The Morgan fingerprint density at radius 1 is 1.19 bits per heavy atom. The van der Waals surface area contributed by atoms with E-state index in [1.807, 2.05) is 0 Å². The Morgan fingerprint density at radius 2 is 1.86 bits per heavy atom. The molecule has 202 valence electrons. The van der Waals surface area contributed by atoms with E-state index < -0.39 is 54.1 Å². The van der Waals surface area contributed by atoms with Crippen LogP contribution in [0.1, 0.15) is 18.7 Å². The summed E-state index contributed by atoms with van der Waals surface area (Å²) in [5, 5.41) is 22.0. The van der Waals surface area contributed by atoms with Gasteiger partial charge < -0.3 is 49.6 Å². The highest BCUT2D eigenvalue weighted by Crippen LogP contribution is 2.66. The van der Waals surface area contributed by atoms with Gasteiger partial charge in [-0.2, -0.15) is 8.62 Å². The fourth-order valence-electron chi connectivity index (χ4n) is 3.43. The predicted molar refractivity (Wildman–Crippen MR) is 118 cm³/mol. The average Bonchev–Trinajstić information content (AvgIpc) is 3.18. The SMILES string of the molecule is CO/C=C\c1cn([C@@H]2O[C@H](COP(=O)(O)OP(=O)(O)OP(=O)(O)O)[C@@H](O)[C@@]2(C)O)c2ncnc(N)c12. The normalized spacial score (nSPS) is 28.4. The van der Waals surface area contributed by atoms with Gasteiger partial charge in [-0.25, -0.2) is 23.7 Å². The zero-order valence-electron chi connectivity index (χ0n) is 18.5. The minimum Gasteiger partial charge on any atom is -0.504 e. The number of hydrogen-bond acceptors (Lipinski definition) is 13. The fraction of sp³-hybridized carbons (Fsp3) is 0.467. The Bertz CT molecular complexity index is 1290. The molecule has 8 N–H and O–H groups in total. The maximum Gasteiger partial charge on any atom is 0.490 e. The maximum absolute atomic E-state index is 12.0. The van der Waals surface area contributed by atoms with Crippen molar-refractivity contribution in [3.8, 4) is 0 Å². The van der Waals surface area contributed by atoms with Gasteiger partial charge in [0.2, 0.25) is 0 Å². The fourth-order valence-corrected chi connectivity index (χ4v) is 6.46. The standard InChI is InChI=1S/C15H23N4O14P3/c1-15(21)11(20)9(6-30-35(25,26)33-36(27,28)32-34(22,23)24)31-14(15)19-5-8(3-4-29-2)10-12(16)17-7-18-13(10)19/h3-5,7,9,11,14,20-21H,6H2,1-2H3,(H,25,26)(H,27,28)(H2,16,17,18)(H2,22,23,24)/b4-3-/t9-,11-,14-,15-/m1/s1. The lowest BCUT2D eigenvalue weighted by atomic mass is 9.96. The number of rotatable bonds is 10. The molecule has 2 unspecified atom stereocenters. The molecule has 1 fully saturated rings. The van der Waals surface area contributed by atoms with Crippen LogP contribution in [-0.2, 0) is 36.3 Å². The van der Waals surface area contributed by atoms with E-state index in [0.717, 1.165) is 6.33 Å². The molecule has 0 saturated carbocycles. The molecule has 0 aliphatic carbocycles. The molecule has 0 bridgehead atoms. The van der Waals surface area contributed by atoms with E-state index in [2.05, 4.69) is 23.1 Å². The minimum atomic E-state index is -5.74. The van der Waals surface area contributed by atoms with Crippen molar-refractivity contribution in [3.05, 3.63) is 24.3 Å². The van der Waals surface area contributed by atoms with E-state index in [-0.39, 0.29) is 11.5 Å². The summed E-state index contributed by atoms with van der Waals surface area (Å²) in [6.45, 7) is 0.221. The molecule has 0 aromatic carbocycles. The molecule has 1 saturated heterocycles. The third-order valence-corrected chi connectivity index (χ3v) is 8.68. The minimum absolute atomic E-state index is 0.0944. The number of aliphatic hydroxyl groups is 2. The summed E-state index contributed by atoms with van der Waals surface area (Å²) in [4.78, 5) is 44.1. The molecular weight excluding hydrogens is 553 g/mol. The third-order valence-electron chi connectivity index (χ3n) is 4.88. The first-order valence-corrected chi connectivity index (χ1v) is 14.1. The van der Waals surface area contributed by atoms with Crippen LogP contribution in [0.2, 0.25) is 0 Å². The van der Waals surface area contributed by atoms with Gasteiger partial charge in [0.25, 0.3) is 0 Å². The number of nitrogens with two attached hydrogens (primary N) is 1. The number of methoxy groups -OCH3 is 1. The molecule has 2 aromatic heterocycles. The molecule has 3 heterocycles. The molecule has 6 atom stereocenters. The van der Waals surface area contributed by atoms with Crippen molar-refractivity contribution in [3.63, 3.8) is 0 Å². The van der Waals surface area contributed by atoms with Crippen LogP contribution in [0.5, 0.6) is 0 Å². The number of phosphoric acid groups is 3. The quantitative estimate of drug-likeness (QED) is 0.145. The van der Waals surface area contributed by atoms with Gasteiger partial charge in [-0.05, 0) is 13.0 Å². The van der Waals surface area contributed by atoms with E-state index in [4.69, 9.17) is 25.0 Å². The number of nitrogen functional groups attached to an aromatic ring is 1. The van der Waals surface area contributed by atoms with Crippen molar-refractivity contribution in [1.82, 2.24) is 14.5 Å². The summed E-state index contributed by atoms with van der Waals surface area (Å²) in [5.41, 5.74) is 4.58. The second kappa shape index (κ2) is 10.2. The van der Waals surface area contributed by atoms with Gasteiger partial charge in [0.05, 0.1) is 25.4 Å². The van der Waals surface area contributed by atoms with Gasteiger partial charge in [-0.1, -0.05) is 0 Å². The molecule has 1 aliphatic rings. The van der Waals surface area contributed by atoms with Crippen molar-refractivity contribution in [2.75, 3.05) is 19.5 Å². The Labute approximate surface area is 202 Å². The van der Waals surface area contributed by atoms with E-state index in [0.29, 0.717) is 10.9 Å². The zero-order chi connectivity index (χ0) is 27.1. The van der Waals surface area contributed by atoms with Crippen LogP contribution in [0.25, 0.3) is 17.1 Å². The Hall–Kier alpha value is -1.75. The van der Waals surface area contributed by atoms with Crippen LogP contribution in [-0.4, -0.2) is 75.8 Å². The van der Waals surface area contributed by atoms with Crippen molar-refractivity contribution in [1.29, 1.82) is 0 Å². The second-order valence-electron chi connectivity index (χ2n) is 7.57. The van der Waals surface area contributed by atoms with Gasteiger partial charge in [0.1, 0.15) is 35.6 Å². The predicted octanol–water partition coefficient (Wildman–Crippen LogP) is -0.0168. The first-order chi connectivity index (χ1) is 16.5. The van der Waals surface area contributed by atoms with E-state index in [1.54, 1.807) is 0 Å². The first kappa shape index (κ1) is 28.8. The van der Waals surface area contributed by atoms with E-state index >= 15 is 0 Å². The number of hydrogen-bond donors (Lipinski definition) is 7. The first-order valence-electron chi connectivity index (χ1n) is 9.62. The van der Waals surface area contributed by atoms with Crippen LogP contribution in [0, 0.1) is 0 Å². The summed E-state index contributed by atoms with van der Waals surface area (Å²) in [7, 11) is -15.4. The van der Waals surface area contributed by atoms with Gasteiger partial charge >= 0.3 is 23.5 Å². The molecule has 0 spiro atoms. The van der Waals surface area contributed by atoms with Crippen LogP contribution < -0.4 is 5.73 Å². The molecule has 0 amide bonds. The molecule has 3 rings (SSSR count). The Morgan fingerprint density at radius 3 is 2.47 bits per heavy atom. The van der Waals surface area contributed by atoms with Crippen LogP contribution in [0.15, 0.2) is 18.8 Å².